The maximum atomic E-state index is 13.7. The molecule has 0 radical (unpaired) electrons. The van der Waals surface area contributed by atoms with Gasteiger partial charge in [-0.05, 0) is 46.3 Å². The first-order valence-corrected chi connectivity index (χ1v) is 7.27. The Hall–Kier alpha value is -1.53. The van der Waals surface area contributed by atoms with E-state index in [2.05, 4.69) is 25.9 Å². The zero-order valence-corrected chi connectivity index (χ0v) is 12.4. The molecule has 1 aromatic carbocycles. The van der Waals surface area contributed by atoms with Crippen molar-refractivity contribution < 1.29 is 8.78 Å². The fourth-order valence-electron chi connectivity index (χ4n) is 1.74. The first kappa shape index (κ1) is 13.5. The highest BCUT2D eigenvalue weighted by molar-refractivity contribution is 9.10. The molecule has 0 amide bonds. The van der Waals surface area contributed by atoms with Gasteiger partial charge in [0.2, 0.25) is 0 Å². The zero-order valence-electron chi connectivity index (χ0n) is 9.98. The number of fused-ring (bicyclic) bond motifs is 1. The molecule has 3 aromatic rings. The van der Waals surface area contributed by atoms with Gasteiger partial charge in [0.1, 0.15) is 17.2 Å². The van der Waals surface area contributed by atoms with Crippen molar-refractivity contribution in [3.63, 3.8) is 0 Å². The van der Waals surface area contributed by atoms with Crippen molar-refractivity contribution in [3.8, 4) is 0 Å². The first-order chi connectivity index (χ1) is 9.63. The molecule has 3 rings (SSSR count). The Morgan fingerprint density at radius 3 is 2.70 bits per heavy atom. The van der Waals surface area contributed by atoms with Crippen LogP contribution < -0.4 is 0 Å². The topological polar surface area (TPSA) is 25.8 Å². The van der Waals surface area contributed by atoms with Crippen LogP contribution in [0.15, 0.2) is 57.0 Å². The van der Waals surface area contributed by atoms with E-state index in [9.17, 15) is 8.78 Å². The molecule has 0 fully saturated rings. The Morgan fingerprint density at radius 1 is 1.00 bits per heavy atom. The Bertz CT molecular complexity index is 795. The summed E-state index contributed by atoms with van der Waals surface area (Å²) >= 11 is 4.46. The first-order valence-electron chi connectivity index (χ1n) is 5.66. The molecule has 100 valence electrons. The van der Waals surface area contributed by atoms with Crippen molar-refractivity contribution in [1.29, 1.82) is 0 Å². The largest absolute Gasteiger partial charge is 0.254 e. The molecule has 0 spiro atoms. The SMILES string of the molecule is Fc1ccc(F)c(Sc2ccnc3cc(Br)cnc23)c1. The van der Waals surface area contributed by atoms with Gasteiger partial charge in [-0.3, -0.25) is 9.97 Å². The molecule has 2 aromatic heterocycles. The number of halogens is 3. The van der Waals surface area contributed by atoms with Gasteiger partial charge in [0.25, 0.3) is 0 Å². The van der Waals surface area contributed by atoms with Gasteiger partial charge < -0.3 is 0 Å². The van der Waals surface area contributed by atoms with Gasteiger partial charge in [0, 0.05) is 21.8 Å². The molecule has 0 saturated carbocycles. The lowest BCUT2D eigenvalue weighted by molar-refractivity contribution is 0.577. The summed E-state index contributed by atoms with van der Waals surface area (Å²) in [4.78, 5) is 9.45. The number of aromatic nitrogens is 2. The molecule has 0 saturated heterocycles. The van der Waals surface area contributed by atoms with E-state index in [0.29, 0.717) is 11.0 Å². The third-order valence-electron chi connectivity index (χ3n) is 2.62. The van der Waals surface area contributed by atoms with Gasteiger partial charge in [-0.2, -0.15) is 0 Å². The minimum atomic E-state index is -0.469. The van der Waals surface area contributed by atoms with Crippen LogP contribution in [-0.4, -0.2) is 9.97 Å². The molecule has 0 unspecified atom stereocenters. The maximum Gasteiger partial charge on any atom is 0.137 e. The van der Waals surface area contributed by atoms with Crippen molar-refractivity contribution in [1.82, 2.24) is 9.97 Å². The third-order valence-corrected chi connectivity index (χ3v) is 4.14. The van der Waals surface area contributed by atoms with Crippen LogP contribution in [-0.2, 0) is 0 Å². The summed E-state index contributed by atoms with van der Waals surface area (Å²) in [6, 6.07) is 6.95. The van der Waals surface area contributed by atoms with Crippen molar-refractivity contribution in [3.05, 3.63) is 58.8 Å². The molecular formula is C14H7BrF2N2S. The summed E-state index contributed by atoms with van der Waals surface area (Å²) < 4.78 is 27.7. The molecule has 0 N–H and O–H groups in total. The molecule has 6 heteroatoms. The second kappa shape index (κ2) is 5.46. The average Bonchev–Trinajstić information content (AvgIpc) is 2.43. The van der Waals surface area contributed by atoms with Crippen molar-refractivity contribution in [2.75, 3.05) is 0 Å². The Balaban J connectivity index is 2.09. The predicted molar refractivity (Wildman–Crippen MR) is 77.7 cm³/mol. The number of rotatable bonds is 2. The van der Waals surface area contributed by atoms with E-state index < -0.39 is 11.6 Å². The van der Waals surface area contributed by atoms with Gasteiger partial charge >= 0.3 is 0 Å². The van der Waals surface area contributed by atoms with Crippen LogP contribution in [0.4, 0.5) is 8.78 Å². The highest BCUT2D eigenvalue weighted by Crippen LogP contribution is 2.34. The summed E-state index contributed by atoms with van der Waals surface area (Å²) in [5.74, 6) is -0.929. The number of hydrogen-bond acceptors (Lipinski definition) is 3. The van der Waals surface area contributed by atoms with Crippen molar-refractivity contribution in [2.45, 2.75) is 9.79 Å². The Kier molecular flexibility index (Phi) is 3.67. The summed E-state index contributed by atoms with van der Waals surface area (Å²) in [7, 11) is 0. The fourth-order valence-corrected chi connectivity index (χ4v) is 3.01. The van der Waals surface area contributed by atoms with Crippen molar-refractivity contribution in [2.24, 2.45) is 0 Å². The molecule has 0 aliphatic heterocycles. The van der Waals surface area contributed by atoms with Crippen LogP contribution in [0.2, 0.25) is 0 Å². The minimum Gasteiger partial charge on any atom is -0.254 e. The molecule has 0 bridgehead atoms. The normalized spacial score (nSPS) is 10.9. The predicted octanol–water partition coefficient (Wildman–Crippen LogP) is 4.82. The summed E-state index contributed by atoms with van der Waals surface area (Å²) in [5, 5.41) is 0. The van der Waals surface area contributed by atoms with E-state index in [4.69, 9.17) is 0 Å². The molecule has 2 heterocycles. The van der Waals surface area contributed by atoms with Crippen LogP contribution in [0.5, 0.6) is 0 Å². The molecule has 0 aliphatic rings. The summed E-state index contributed by atoms with van der Waals surface area (Å²) in [6.07, 6.45) is 3.27. The van der Waals surface area contributed by atoms with Gasteiger partial charge in [0.05, 0.1) is 10.4 Å². The highest BCUT2D eigenvalue weighted by Gasteiger charge is 2.10. The van der Waals surface area contributed by atoms with E-state index in [0.717, 1.165) is 33.3 Å². The van der Waals surface area contributed by atoms with Crippen LogP contribution >= 0.6 is 27.7 Å². The van der Waals surface area contributed by atoms with E-state index in [1.807, 2.05) is 6.07 Å². The lowest BCUT2D eigenvalue weighted by Crippen LogP contribution is -1.88. The van der Waals surface area contributed by atoms with Crippen LogP contribution in [0.3, 0.4) is 0 Å². The van der Waals surface area contributed by atoms with E-state index in [1.165, 1.54) is 6.07 Å². The van der Waals surface area contributed by atoms with Crippen LogP contribution in [0.25, 0.3) is 11.0 Å². The quantitative estimate of drug-likeness (QED) is 0.661. The Labute approximate surface area is 126 Å². The smallest absolute Gasteiger partial charge is 0.137 e. The number of benzene rings is 1. The number of pyridine rings is 2. The second-order valence-electron chi connectivity index (χ2n) is 4.01. The van der Waals surface area contributed by atoms with E-state index in [1.54, 1.807) is 18.5 Å². The highest BCUT2D eigenvalue weighted by atomic mass is 79.9. The lowest BCUT2D eigenvalue weighted by Gasteiger charge is -2.06. The van der Waals surface area contributed by atoms with Crippen LogP contribution in [0, 0.1) is 11.6 Å². The lowest BCUT2D eigenvalue weighted by atomic mass is 10.3. The molecule has 20 heavy (non-hydrogen) atoms. The average molecular weight is 353 g/mol. The van der Waals surface area contributed by atoms with Crippen LogP contribution in [0.1, 0.15) is 0 Å². The fraction of sp³-hybridized carbons (Fsp3) is 0. The summed E-state index contributed by atoms with van der Waals surface area (Å²) in [6.45, 7) is 0. The van der Waals surface area contributed by atoms with E-state index in [-0.39, 0.29) is 4.90 Å². The number of hydrogen-bond donors (Lipinski definition) is 0. The third kappa shape index (κ3) is 2.66. The van der Waals surface area contributed by atoms with E-state index >= 15 is 0 Å². The monoisotopic (exact) mass is 352 g/mol. The minimum absolute atomic E-state index is 0.224. The maximum absolute atomic E-state index is 13.7. The van der Waals surface area contributed by atoms with Gasteiger partial charge in [-0.1, -0.05) is 11.8 Å². The van der Waals surface area contributed by atoms with Gasteiger partial charge in [0.15, 0.2) is 0 Å². The summed E-state index contributed by atoms with van der Waals surface area (Å²) in [5.41, 5.74) is 1.35. The Morgan fingerprint density at radius 2 is 1.85 bits per heavy atom. The number of nitrogens with zero attached hydrogens (tertiary/aromatic N) is 2. The second-order valence-corrected chi connectivity index (χ2v) is 6.01. The molecule has 0 atom stereocenters. The molecule has 0 aliphatic carbocycles. The van der Waals surface area contributed by atoms with Gasteiger partial charge in [-0.15, -0.1) is 0 Å². The molecule has 2 nitrogen and oxygen atoms in total. The van der Waals surface area contributed by atoms with Crippen molar-refractivity contribution >= 4 is 38.7 Å². The molecular weight excluding hydrogens is 346 g/mol. The standard InChI is InChI=1S/C14H7BrF2N2S/c15-8-5-11-14(19-7-8)12(3-4-18-11)20-13-6-9(16)1-2-10(13)17/h1-7H. The zero-order chi connectivity index (χ0) is 14.1. The van der Waals surface area contributed by atoms with Gasteiger partial charge in [-0.25, -0.2) is 8.78 Å².